The monoisotopic (exact) mass is 255 g/mol. The van der Waals surface area contributed by atoms with Crippen molar-refractivity contribution in [3.05, 3.63) is 21.9 Å². The molecule has 1 N–H and O–H groups in total. The third-order valence-corrected chi connectivity index (χ3v) is 3.41. The number of carboxylic acid groups (broad SMARTS) is 1. The lowest BCUT2D eigenvalue weighted by molar-refractivity contribution is -0.138. The Morgan fingerprint density at radius 2 is 2.00 bits per heavy atom. The van der Waals surface area contributed by atoms with Crippen molar-refractivity contribution in [1.29, 1.82) is 0 Å². The Morgan fingerprint density at radius 3 is 2.35 bits per heavy atom. The summed E-state index contributed by atoms with van der Waals surface area (Å²) in [6.45, 7) is 7.06. The van der Waals surface area contributed by atoms with Crippen LogP contribution in [0.4, 0.5) is 0 Å². The van der Waals surface area contributed by atoms with Crippen LogP contribution in [0.5, 0.6) is 0 Å². The summed E-state index contributed by atoms with van der Waals surface area (Å²) in [5.41, 5.74) is 0.381. The lowest BCUT2D eigenvalue weighted by atomic mass is 10.1. The number of carbonyl (C=O) groups excluding carboxylic acids is 1. The highest BCUT2D eigenvalue weighted by Gasteiger charge is 2.30. The van der Waals surface area contributed by atoms with Crippen molar-refractivity contribution >= 4 is 23.2 Å². The average molecular weight is 255 g/mol. The fraction of sp³-hybridized carbons (Fsp3) is 0.500. The molecule has 1 rings (SSSR count). The van der Waals surface area contributed by atoms with E-state index in [1.165, 1.54) is 16.2 Å². The molecule has 0 bridgehead atoms. The van der Waals surface area contributed by atoms with Gasteiger partial charge in [-0.1, -0.05) is 0 Å². The van der Waals surface area contributed by atoms with Crippen molar-refractivity contribution in [2.75, 3.05) is 6.54 Å². The zero-order chi connectivity index (χ0) is 13.2. The van der Waals surface area contributed by atoms with Crippen LogP contribution in [0.25, 0.3) is 0 Å². The smallest absolute Gasteiger partial charge is 0.323 e. The molecule has 1 amide bonds. The third-order valence-electron chi connectivity index (χ3n) is 2.40. The first-order valence-corrected chi connectivity index (χ1v) is 6.19. The first-order valence-electron chi connectivity index (χ1n) is 5.31. The fourth-order valence-corrected chi connectivity index (χ4v) is 2.34. The van der Waals surface area contributed by atoms with E-state index in [1.54, 1.807) is 0 Å². The summed E-state index contributed by atoms with van der Waals surface area (Å²) in [6.07, 6.45) is 0. The zero-order valence-corrected chi connectivity index (χ0v) is 11.3. The summed E-state index contributed by atoms with van der Waals surface area (Å²) < 4.78 is 0. The fourth-order valence-electron chi connectivity index (χ4n) is 1.46. The maximum absolute atomic E-state index is 12.3. The number of amides is 1. The van der Waals surface area contributed by atoms with Crippen LogP contribution in [0.15, 0.2) is 11.4 Å². The molecule has 17 heavy (non-hydrogen) atoms. The van der Waals surface area contributed by atoms with Gasteiger partial charge in [0.1, 0.15) is 6.54 Å². The molecule has 0 spiro atoms. The number of nitrogens with zero attached hydrogens (tertiary/aromatic N) is 1. The topological polar surface area (TPSA) is 57.6 Å². The molecule has 0 aliphatic heterocycles. The van der Waals surface area contributed by atoms with Gasteiger partial charge in [0.25, 0.3) is 5.91 Å². The predicted molar refractivity (Wildman–Crippen MR) is 67.5 cm³/mol. The quantitative estimate of drug-likeness (QED) is 0.902. The van der Waals surface area contributed by atoms with Crippen molar-refractivity contribution in [3.8, 4) is 0 Å². The number of thiophene rings is 1. The molecule has 0 fully saturated rings. The van der Waals surface area contributed by atoms with E-state index in [0.717, 1.165) is 5.56 Å². The van der Waals surface area contributed by atoms with E-state index in [2.05, 4.69) is 0 Å². The largest absolute Gasteiger partial charge is 0.480 e. The number of aryl methyl sites for hydroxylation is 1. The molecule has 1 aromatic rings. The predicted octanol–water partition coefficient (Wildman–Crippen LogP) is 2.38. The van der Waals surface area contributed by atoms with Crippen molar-refractivity contribution in [3.63, 3.8) is 0 Å². The van der Waals surface area contributed by atoms with E-state index in [4.69, 9.17) is 5.11 Å². The van der Waals surface area contributed by atoms with Crippen LogP contribution >= 0.6 is 11.3 Å². The lowest BCUT2D eigenvalue weighted by Crippen LogP contribution is -2.48. The number of hydrogen-bond acceptors (Lipinski definition) is 3. The summed E-state index contributed by atoms with van der Waals surface area (Å²) in [5, 5.41) is 10.7. The molecule has 5 heteroatoms. The third kappa shape index (κ3) is 3.30. The highest BCUT2D eigenvalue weighted by atomic mass is 32.1. The van der Waals surface area contributed by atoms with Crippen molar-refractivity contribution in [2.24, 2.45) is 0 Å². The number of hydrogen-bond donors (Lipinski definition) is 1. The Kier molecular flexibility index (Phi) is 3.93. The zero-order valence-electron chi connectivity index (χ0n) is 10.5. The van der Waals surface area contributed by atoms with Gasteiger partial charge in [-0.15, -0.1) is 11.3 Å². The highest BCUT2D eigenvalue weighted by Crippen LogP contribution is 2.22. The minimum Gasteiger partial charge on any atom is -0.480 e. The van der Waals surface area contributed by atoms with E-state index in [-0.39, 0.29) is 12.5 Å². The van der Waals surface area contributed by atoms with Crippen LogP contribution in [0.1, 0.15) is 36.0 Å². The van der Waals surface area contributed by atoms with Gasteiger partial charge in [-0.05, 0) is 44.7 Å². The molecular weight excluding hydrogens is 238 g/mol. The van der Waals surface area contributed by atoms with E-state index >= 15 is 0 Å². The molecule has 1 heterocycles. The Morgan fingerprint density at radius 1 is 1.41 bits per heavy atom. The Hall–Kier alpha value is -1.36. The van der Waals surface area contributed by atoms with Gasteiger partial charge in [0.15, 0.2) is 0 Å². The van der Waals surface area contributed by atoms with Crippen molar-refractivity contribution in [1.82, 2.24) is 4.90 Å². The SMILES string of the molecule is Cc1ccsc1C(=O)N(CC(=O)O)C(C)(C)C. The van der Waals surface area contributed by atoms with Crippen LogP contribution in [0.2, 0.25) is 0 Å². The van der Waals surface area contributed by atoms with Gasteiger partial charge in [0.2, 0.25) is 0 Å². The van der Waals surface area contributed by atoms with Gasteiger partial charge >= 0.3 is 5.97 Å². The van der Waals surface area contributed by atoms with Crippen LogP contribution < -0.4 is 0 Å². The second-order valence-corrected chi connectivity index (χ2v) is 5.80. The minimum atomic E-state index is -0.998. The first kappa shape index (κ1) is 13.7. The van der Waals surface area contributed by atoms with Crippen LogP contribution in [0.3, 0.4) is 0 Å². The lowest BCUT2D eigenvalue weighted by Gasteiger charge is -2.34. The molecule has 0 aromatic carbocycles. The molecule has 0 radical (unpaired) electrons. The Labute approximate surface area is 105 Å². The summed E-state index contributed by atoms with van der Waals surface area (Å²) in [6, 6.07) is 1.86. The Bertz CT molecular complexity index is 431. The van der Waals surface area contributed by atoms with Crippen molar-refractivity contribution in [2.45, 2.75) is 33.2 Å². The van der Waals surface area contributed by atoms with Crippen LogP contribution in [0, 0.1) is 6.92 Å². The number of aliphatic carboxylic acids is 1. The summed E-state index contributed by atoms with van der Waals surface area (Å²) in [4.78, 5) is 25.1. The van der Waals surface area contributed by atoms with E-state index in [1.807, 2.05) is 39.1 Å². The summed E-state index contributed by atoms with van der Waals surface area (Å²) in [5.74, 6) is -1.21. The standard InChI is InChI=1S/C12H17NO3S/c1-8-5-6-17-10(8)11(16)13(7-9(14)15)12(2,3)4/h5-6H,7H2,1-4H3,(H,14,15). The van der Waals surface area contributed by atoms with E-state index in [0.29, 0.717) is 4.88 Å². The molecule has 0 atom stereocenters. The normalized spacial score (nSPS) is 11.3. The van der Waals surface area contributed by atoms with Gasteiger partial charge < -0.3 is 10.0 Å². The molecule has 0 saturated carbocycles. The molecule has 0 unspecified atom stereocenters. The second kappa shape index (κ2) is 4.87. The van der Waals surface area contributed by atoms with Gasteiger partial charge in [-0.2, -0.15) is 0 Å². The van der Waals surface area contributed by atoms with E-state index in [9.17, 15) is 9.59 Å². The maximum atomic E-state index is 12.3. The molecule has 4 nitrogen and oxygen atoms in total. The van der Waals surface area contributed by atoms with Crippen LogP contribution in [-0.4, -0.2) is 34.0 Å². The molecule has 1 aromatic heterocycles. The van der Waals surface area contributed by atoms with Gasteiger partial charge in [0.05, 0.1) is 4.88 Å². The molecule has 0 saturated heterocycles. The summed E-state index contributed by atoms with van der Waals surface area (Å²) in [7, 11) is 0. The second-order valence-electron chi connectivity index (χ2n) is 4.89. The number of carboxylic acids is 1. The average Bonchev–Trinajstić information content (AvgIpc) is 2.58. The van der Waals surface area contributed by atoms with Gasteiger partial charge in [-0.25, -0.2) is 0 Å². The molecule has 0 aliphatic carbocycles. The first-order chi connectivity index (χ1) is 7.73. The van der Waals surface area contributed by atoms with E-state index < -0.39 is 11.5 Å². The Balaban J connectivity index is 3.04. The molecule has 0 aliphatic rings. The number of carbonyl (C=O) groups is 2. The number of rotatable bonds is 3. The van der Waals surface area contributed by atoms with Crippen LogP contribution in [-0.2, 0) is 4.79 Å². The summed E-state index contributed by atoms with van der Waals surface area (Å²) >= 11 is 1.35. The minimum absolute atomic E-state index is 0.215. The molecule has 94 valence electrons. The molecular formula is C12H17NO3S. The van der Waals surface area contributed by atoms with Crippen molar-refractivity contribution < 1.29 is 14.7 Å². The highest BCUT2D eigenvalue weighted by molar-refractivity contribution is 7.12. The van der Waals surface area contributed by atoms with Gasteiger partial charge in [0, 0.05) is 5.54 Å². The maximum Gasteiger partial charge on any atom is 0.323 e. The van der Waals surface area contributed by atoms with Gasteiger partial charge in [-0.3, -0.25) is 9.59 Å².